The lowest BCUT2D eigenvalue weighted by atomic mass is 9.91. The maximum atomic E-state index is 13.3. The molecule has 10 nitrogen and oxygen atoms in total. The first kappa shape index (κ1) is 23.0. The van der Waals surface area contributed by atoms with Crippen LogP contribution in [0, 0.1) is 11.8 Å². The van der Waals surface area contributed by atoms with E-state index in [1.165, 1.54) is 22.0 Å². The largest absolute Gasteiger partial charge is 0.352 e. The molecule has 0 unspecified atom stereocenters. The predicted molar refractivity (Wildman–Crippen MR) is 137 cm³/mol. The van der Waals surface area contributed by atoms with E-state index in [1.54, 1.807) is 19.6 Å². The number of nitrogens with zero attached hydrogens (tertiary/aromatic N) is 4. The minimum atomic E-state index is -0.116. The fourth-order valence-corrected chi connectivity index (χ4v) is 5.94. The molecule has 1 atom stereocenters. The molecule has 3 aliphatic rings. The fourth-order valence-electron chi connectivity index (χ4n) is 4.69. The molecule has 2 amide bonds. The Labute approximate surface area is 212 Å². The summed E-state index contributed by atoms with van der Waals surface area (Å²) in [5.41, 5.74) is 2.14. The molecule has 2 saturated carbocycles. The zero-order valence-electron chi connectivity index (χ0n) is 20.1. The molecule has 3 aromatic rings. The molecule has 0 bridgehead atoms. The number of aryl methyl sites for hydroxylation is 2. The quantitative estimate of drug-likeness (QED) is 0.431. The number of hydrogen-bond acceptors (Lipinski definition) is 7. The van der Waals surface area contributed by atoms with Crippen molar-refractivity contribution in [3.8, 4) is 0 Å². The second kappa shape index (κ2) is 9.20. The van der Waals surface area contributed by atoms with Gasteiger partial charge in [0.25, 0.3) is 11.5 Å². The van der Waals surface area contributed by atoms with Crippen molar-refractivity contribution in [1.82, 2.24) is 24.6 Å². The third-order valence-corrected chi connectivity index (χ3v) is 8.43. The number of amides is 2. The average Bonchev–Trinajstić information content (AvgIpc) is 3.79. The van der Waals surface area contributed by atoms with Gasteiger partial charge < -0.3 is 20.5 Å². The summed E-state index contributed by atoms with van der Waals surface area (Å²) in [7, 11) is 1.70. The molecule has 0 spiro atoms. The van der Waals surface area contributed by atoms with E-state index >= 15 is 0 Å². The molecule has 3 aliphatic carbocycles. The highest BCUT2D eigenvalue weighted by molar-refractivity contribution is 7.17. The van der Waals surface area contributed by atoms with Crippen LogP contribution in [-0.4, -0.2) is 37.7 Å². The summed E-state index contributed by atoms with van der Waals surface area (Å²) in [4.78, 5) is 39.1. The smallest absolute Gasteiger partial charge is 0.254 e. The number of thiophene rings is 1. The van der Waals surface area contributed by atoms with Crippen molar-refractivity contribution in [2.24, 2.45) is 18.9 Å². The summed E-state index contributed by atoms with van der Waals surface area (Å²) in [6.45, 7) is 0.680. The maximum Gasteiger partial charge on any atom is 0.254 e. The molecule has 11 heteroatoms. The molecule has 3 aromatic heterocycles. The number of aromatic nitrogens is 4. The van der Waals surface area contributed by atoms with Crippen LogP contribution in [0.1, 0.15) is 58.9 Å². The lowest BCUT2D eigenvalue weighted by molar-refractivity contribution is -0.117. The monoisotopic (exact) mass is 507 g/mol. The first-order chi connectivity index (χ1) is 17.5. The van der Waals surface area contributed by atoms with E-state index in [0.717, 1.165) is 49.0 Å². The van der Waals surface area contributed by atoms with Crippen molar-refractivity contribution in [3.63, 3.8) is 0 Å². The van der Waals surface area contributed by atoms with Crippen LogP contribution in [0.15, 0.2) is 29.5 Å². The minimum Gasteiger partial charge on any atom is -0.352 e. The van der Waals surface area contributed by atoms with Gasteiger partial charge in [-0.15, -0.1) is 21.5 Å². The van der Waals surface area contributed by atoms with Gasteiger partial charge in [0.1, 0.15) is 11.3 Å². The summed E-state index contributed by atoms with van der Waals surface area (Å²) in [5, 5.41) is 18.4. The van der Waals surface area contributed by atoms with Crippen molar-refractivity contribution in [3.05, 3.63) is 51.0 Å². The van der Waals surface area contributed by atoms with Gasteiger partial charge in [-0.2, -0.15) is 0 Å². The SMILES string of the molecule is Cn1ccc(Nc2nncn2[C@H]2CCc3sc(NC(=O)C4CC4)c(C(=O)NCC4CC4)c3C2)cc1=O. The number of rotatable bonds is 8. The van der Waals surface area contributed by atoms with E-state index in [4.69, 9.17) is 0 Å². The zero-order chi connectivity index (χ0) is 24.8. The number of anilines is 3. The first-order valence-corrected chi connectivity index (χ1v) is 13.3. The Kier molecular flexibility index (Phi) is 5.87. The Bertz CT molecular complexity index is 1380. The number of fused-ring (bicyclic) bond motifs is 1. The van der Waals surface area contributed by atoms with Gasteiger partial charge in [-0.3, -0.25) is 19.0 Å². The summed E-state index contributed by atoms with van der Waals surface area (Å²) in [6.07, 6.45) is 9.84. The second-order valence-corrected chi connectivity index (χ2v) is 11.2. The molecule has 0 radical (unpaired) electrons. The molecule has 188 valence electrons. The molecule has 0 aliphatic heterocycles. The van der Waals surface area contributed by atoms with Crippen LogP contribution in [0.2, 0.25) is 0 Å². The zero-order valence-corrected chi connectivity index (χ0v) is 20.9. The number of pyridine rings is 1. The lowest BCUT2D eigenvalue weighted by Gasteiger charge is -2.25. The third-order valence-electron chi connectivity index (χ3n) is 7.22. The van der Waals surface area contributed by atoms with E-state index in [-0.39, 0.29) is 29.3 Å². The van der Waals surface area contributed by atoms with Gasteiger partial charge in [-0.05, 0) is 62.5 Å². The number of hydrogen-bond donors (Lipinski definition) is 3. The van der Waals surface area contributed by atoms with Crippen molar-refractivity contribution in [2.75, 3.05) is 17.2 Å². The van der Waals surface area contributed by atoms with Crippen LogP contribution < -0.4 is 21.5 Å². The van der Waals surface area contributed by atoms with E-state index in [9.17, 15) is 14.4 Å². The van der Waals surface area contributed by atoms with E-state index in [0.29, 0.717) is 41.1 Å². The number of nitrogens with one attached hydrogen (secondary N) is 3. The molecule has 0 saturated heterocycles. The number of carbonyl (C=O) groups excluding carboxylic acids is 2. The Morgan fingerprint density at radius 3 is 2.78 bits per heavy atom. The van der Waals surface area contributed by atoms with Gasteiger partial charge >= 0.3 is 0 Å². The predicted octanol–water partition coefficient (Wildman–Crippen LogP) is 3.00. The molecule has 6 rings (SSSR count). The Morgan fingerprint density at radius 1 is 1.19 bits per heavy atom. The summed E-state index contributed by atoms with van der Waals surface area (Å²) >= 11 is 1.54. The average molecular weight is 508 g/mol. The second-order valence-electron chi connectivity index (χ2n) is 10.1. The van der Waals surface area contributed by atoms with E-state index in [2.05, 4.69) is 26.1 Å². The van der Waals surface area contributed by atoms with Gasteiger partial charge in [-0.25, -0.2) is 0 Å². The fraction of sp³-hybridized carbons (Fsp3) is 0.480. The van der Waals surface area contributed by atoms with Crippen LogP contribution in [0.5, 0.6) is 0 Å². The molecule has 0 aromatic carbocycles. The van der Waals surface area contributed by atoms with Crippen LogP contribution in [-0.2, 0) is 24.7 Å². The maximum absolute atomic E-state index is 13.3. The van der Waals surface area contributed by atoms with Gasteiger partial charge in [0, 0.05) is 48.4 Å². The van der Waals surface area contributed by atoms with Gasteiger partial charge in [-0.1, -0.05) is 0 Å². The van der Waals surface area contributed by atoms with Crippen molar-refractivity contribution in [1.29, 1.82) is 0 Å². The molecular weight excluding hydrogens is 478 g/mol. The third kappa shape index (κ3) is 4.67. The Balaban J connectivity index is 1.27. The van der Waals surface area contributed by atoms with E-state index in [1.807, 2.05) is 10.6 Å². The summed E-state index contributed by atoms with van der Waals surface area (Å²) in [5.74, 6) is 1.10. The molecule has 3 heterocycles. The minimum absolute atomic E-state index is 0.0145. The number of carbonyl (C=O) groups is 2. The molecule has 2 fully saturated rings. The van der Waals surface area contributed by atoms with Gasteiger partial charge in [0.15, 0.2) is 0 Å². The Morgan fingerprint density at radius 2 is 2.03 bits per heavy atom. The normalized spacial score (nSPS) is 19.0. The van der Waals surface area contributed by atoms with Crippen LogP contribution in [0.3, 0.4) is 0 Å². The van der Waals surface area contributed by atoms with Gasteiger partial charge in [0.2, 0.25) is 11.9 Å². The standard InChI is InChI=1S/C25H29N7O3S/c1-31-9-8-16(10-20(31)33)28-25-30-27-13-32(25)17-6-7-19-18(11-17)21(23(35)26-12-14-2-3-14)24(36-19)29-22(34)15-4-5-15/h8-10,13-15,17H,2-7,11-12H2,1H3,(H,26,35)(H,28,30)(H,29,34)/t17-/m0/s1. The highest BCUT2D eigenvalue weighted by Crippen LogP contribution is 2.42. The lowest BCUT2D eigenvalue weighted by Crippen LogP contribution is -2.28. The topological polar surface area (TPSA) is 123 Å². The van der Waals surface area contributed by atoms with Crippen molar-refractivity contribution in [2.45, 2.75) is 51.0 Å². The first-order valence-electron chi connectivity index (χ1n) is 12.5. The van der Waals surface area contributed by atoms with E-state index < -0.39 is 0 Å². The van der Waals surface area contributed by atoms with Crippen molar-refractivity contribution < 1.29 is 9.59 Å². The highest BCUT2D eigenvalue weighted by Gasteiger charge is 2.35. The Hall–Kier alpha value is -3.47. The van der Waals surface area contributed by atoms with Crippen LogP contribution in [0.4, 0.5) is 16.6 Å². The summed E-state index contributed by atoms with van der Waals surface area (Å²) in [6, 6.07) is 3.38. The van der Waals surface area contributed by atoms with Crippen LogP contribution >= 0.6 is 11.3 Å². The molecule has 36 heavy (non-hydrogen) atoms. The highest BCUT2D eigenvalue weighted by atomic mass is 32.1. The summed E-state index contributed by atoms with van der Waals surface area (Å²) < 4.78 is 3.48. The molecule has 3 N–H and O–H groups in total. The van der Waals surface area contributed by atoms with Crippen molar-refractivity contribution >= 4 is 39.8 Å². The van der Waals surface area contributed by atoms with Crippen LogP contribution in [0.25, 0.3) is 0 Å². The molecular formula is C25H29N7O3S. The van der Waals surface area contributed by atoms with Gasteiger partial charge in [0.05, 0.1) is 5.56 Å².